The van der Waals surface area contributed by atoms with E-state index in [4.69, 9.17) is 9.47 Å². The molecule has 0 aliphatic rings. The highest BCUT2D eigenvalue weighted by Crippen LogP contribution is 2.30. The summed E-state index contributed by atoms with van der Waals surface area (Å²) in [6.07, 6.45) is 0. The molecule has 1 aromatic carbocycles. The van der Waals surface area contributed by atoms with Gasteiger partial charge in [0.2, 0.25) is 10.0 Å². The van der Waals surface area contributed by atoms with Gasteiger partial charge in [-0.05, 0) is 25.2 Å². The summed E-state index contributed by atoms with van der Waals surface area (Å²) in [5, 5.41) is 0. The molecule has 0 bridgehead atoms. The molecule has 6 nitrogen and oxygen atoms in total. The summed E-state index contributed by atoms with van der Waals surface area (Å²) in [4.78, 5) is 2.34. The van der Waals surface area contributed by atoms with E-state index < -0.39 is 10.0 Å². The first-order valence-corrected chi connectivity index (χ1v) is 9.33. The smallest absolute Gasteiger partial charge is 0.246 e. The molecule has 1 aromatic rings. The lowest BCUT2D eigenvalue weighted by molar-refractivity contribution is 0.273. The van der Waals surface area contributed by atoms with Gasteiger partial charge in [0.15, 0.2) is 0 Å². The second-order valence-corrected chi connectivity index (χ2v) is 6.95. The summed E-state index contributed by atoms with van der Waals surface area (Å²) in [6.45, 7) is 9.33. The minimum atomic E-state index is -3.64. The summed E-state index contributed by atoms with van der Waals surface area (Å²) in [5.74, 6) is 0.816. The summed E-state index contributed by atoms with van der Waals surface area (Å²) in [5.41, 5.74) is 0. The minimum Gasteiger partial charge on any atom is -0.497 e. The third-order valence-corrected chi connectivity index (χ3v) is 5.90. The predicted molar refractivity (Wildman–Crippen MR) is 91.8 cm³/mol. The molecule has 0 atom stereocenters. The minimum absolute atomic E-state index is 0.140. The van der Waals surface area contributed by atoms with Crippen LogP contribution in [0.1, 0.15) is 20.8 Å². The van der Waals surface area contributed by atoms with E-state index in [-0.39, 0.29) is 4.90 Å². The average molecular weight is 344 g/mol. The molecule has 0 aromatic heterocycles. The summed E-state index contributed by atoms with van der Waals surface area (Å²) < 4.78 is 37.8. The highest BCUT2D eigenvalue weighted by molar-refractivity contribution is 7.89. The lowest BCUT2D eigenvalue weighted by atomic mass is 10.3. The van der Waals surface area contributed by atoms with E-state index in [0.29, 0.717) is 31.1 Å². The van der Waals surface area contributed by atoms with Crippen LogP contribution in [0.15, 0.2) is 23.1 Å². The molecule has 0 aliphatic heterocycles. The average Bonchev–Trinajstić information content (AvgIpc) is 2.58. The third-order valence-electron chi connectivity index (χ3n) is 3.90. The number of methoxy groups -OCH3 is 2. The van der Waals surface area contributed by atoms with Crippen molar-refractivity contribution in [3.05, 3.63) is 18.2 Å². The molecule has 0 N–H and O–H groups in total. The Morgan fingerprint density at radius 3 is 2.09 bits per heavy atom. The van der Waals surface area contributed by atoms with Gasteiger partial charge >= 0.3 is 0 Å². The van der Waals surface area contributed by atoms with Gasteiger partial charge in [-0.3, -0.25) is 0 Å². The van der Waals surface area contributed by atoms with Crippen LogP contribution in [0.5, 0.6) is 11.5 Å². The van der Waals surface area contributed by atoms with Gasteiger partial charge in [-0.2, -0.15) is 4.31 Å². The highest BCUT2D eigenvalue weighted by Gasteiger charge is 2.27. The second kappa shape index (κ2) is 9.10. The molecule has 0 unspecified atom stereocenters. The molecule has 0 saturated heterocycles. The molecule has 0 amide bonds. The Hall–Kier alpha value is -1.31. The fourth-order valence-corrected chi connectivity index (χ4v) is 3.98. The Morgan fingerprint density at radius 2 is 1.61 bits per heavy atom. The number of hydrogen-bond donors (Lipinski definition) is 0. The van der Waals surface area contributed by atoms with Crippen LogP contribution in [-0.4, -0.2) is 64.6 Å². The zero-order valence-corrected chi connectivity index (χ0v) is 15.5. The van der Waals surface area contributed by atoms with Crippen LogP contribution >= 0.6 is 0 Å². The van der Waals surface area contributed by atoms with Crippen LogP contribution in [0.3, 0.4) is 0 Å². The van der Waals surface area contributed by atoms with E-state index in [9.17, 15) is 8.42 Å². The zero-order chi connectivity index (χ0) is 17.5. The van der Waals surface area contributed by atoms with E-state index in [1.807, 2.05) is 6.92 Å². The normalized spacial score (nSPS) is 12.0. The van der Waals surface area contributed by atoms with Gasteiger partial charge in [-0.15, -0.1) is 0 Å². The van der Waals surface area contributed by atoms with Crippen molar-refractivity contribution in [1.29, 1.82) is 0 Å². The van der Waals surface area contributed by atoms with Gasteiger partial charge in [0.25, 0.3) is 0 Å². The van der Waals surface area contributed by atoms with Crippen molar-refractivity contribution in [2.75, 3.05) is 46.9 Å². The molecule has 132 valence electrons. The number of ether oxygens (including phenoxy) is 2. The first-order valence-electron chi connectivity index (χ1n) is 7.89. The van der Waals surface area contributed by atoms with Gasteiger partial charge in [0.1, 0.15) is 16.4 Å². The summed E-state index contributed by atoms with van der Waals surface area (Å²) in [7, 11) is -0.662. The van der Waals surface area contributed by atoms with Crippen molar-refractivity contribution in [2.24, 2.45) is 0 Å². The van der Waals surface area contributed by atoms with Gasteiger partial charge < -0.3 is 14.4 Å². The monoisotopic (exact) mass is 344 g/mol. The first-order chi connectivity index (χ1) is 10.9. The Labute approximate surface area is 140 Å². The lowest BCUT2D eigenvalue weighted by Gasteiger charge is -2.25. The van der Waals surface area contributed by atoms with Gasteiger partial charge in [0, 0.05) is 25.7 Å². The first kappa shape index (κ1) is 19.7. The van der Waals surface area contributed by atoms with Crippen molar-refractivity contribution in [3.8, 4) is 11.5 Å². The Bertz CT molecular complexity index is 586. The largest absolute Gasteiger partial charge is 0.497 e. The zero-order valence-electron chi connectivity index (χ0n) is 14.7. The topological polar surface area (TPSA) is 59.1 Å². The van der Waals surface area contributed by atoms with E-state index in [0.717, 1.165) is 13.1 Å². The number of likely N-dealkylation sites (N-methyl/N-ethyl adjacent to an activating group) is 2. The molecule has 0 heterocycles. The Balaban J connectivity index is 3.11. The van der Waals surface area contributed by atoms with E-state index >= 15 is 0 Å². The van der Waals surface area contributed by atoms with Crippen molar-refractivity contribution < 1.29 is 17.9 Å². The molecule has 23 heavy (non-hydrogen) atoms. The third kappa shape index (κ3) is 4.83. The van der Waals surface area contributed by atoms with Crippen LogP contribution in [0.25, 0.3) is 0 Å². The molecule has 1 rings (SSSR count). The molecule has 0 radical (unpaired) electrons. The predicted octanol–water partition coefficient (Wildman–Crippen LogP) is 2.06. The Kier molecular flexibility index (Phi) is 7.81. The fourth-order valence-electron chi connectivity index (χ4n) is 2.37. The standard InChI is InChI=1S/C16H28N2O4S/c1-6-17(7-2)11-12-18(8-3)23(19,20)16-13-14(21-4)9-10-15(16)22-5/h9-10,13H,6-8,11-12H2,1-5H3. The number of hydrogen-bond acceptors (Lipinski definition) is 5. The number of rotatable bonds is 10. The molecule has 0 aliphatic carbocycles. The van der Waals surface area contributed by atoms with Crippen LogP contribution in [0, 0.1) is 0 Å². The maximum Gasteiger partial charge on any atom is 0.246 e. The van der Waals surface area contributed by atoms with Crippen LogP contribution in [-0.2, 0) is 10.0 Å². The summed E-state index contributed by atoms with van der Waals surface area (Å²) >= 11 is 0. The van der Waals surface area contributed by atoms with Crippen LogP contribution in [0.4, 0.5) is 0 Å². The SMILES string of the molecule is CCN(CC)CCN(CC)S(=O)(=O)c1cc(OC)ccc1OC. The molecule has 0 saturated carbocycles. The maximum absolute atomic E-state index is 13.0. The Morgan fingerprint density at radius 1 is 0.957 bits per heavy atom. The van der Waals surface area contributed by atoms with Crippen LogP contribution < -0.4 is 9.47 Å². The van der Waals surface area contributed by atoms with E-state index in [1.165, 1.54) is 24.6 Å². The molecule has 0 spiro atoms. The molecule has 0 fully saturated rings. The van der Waals surface area contributed by atoms with Crippen molar-refractivity contribution in [2.45, 2.75) is 25.7 Å². The van der Waals surface area contributed by atoms with Crippen LogP contribution in [0.2, 0.25) is 0 Å². The van der Waals surface area contributed by atoms with Gasteiger partial charge in [0.05, 0.1) is 14.2 Å². The van der Waals surface area contributed by atoms with Crippen molar-refractivity contribution >= 4 is 10.0 Å². The van der Waals surface area contributed by atoms with E-state index in [1.54, 1.807) is 12.1 Å². The lowest BCUT2D eigenvalue weighted by Crippen LogP contribution is -2.38. The number of sulfonamides is 1. The highest BCUT2D eigenvalue weighted by atomic mass is 32.2. The van der Waals surface area contributed by atoms with Crippen molar-refractivity contribution in [3.63, 3.8) is 0 Å². The maximum atomic E-state index is 13.0. The van der Waals surface area contributed by atoms with Gasteiger partial charge in [-0.25, -0.2) is 8.42 Å². The molecular formula is C16H28N2O4S. The molecule has 7 heteroatoms. The van der Waals surface area contributed by atoms with Gasteiger partial charge in [-0.1, -0.05) is 20.8 Å². The fraction of sp³-hybridized carbons (Fsp3) is 0.625. The van der Waals surface area contributed by atoms with Crippen molar-refractivity contribution in [1.82, 2.24) is 9.21 Å². The quantitative estimate of drug-likeness (QED) is 0.650. The van der Waals surface area contributed by atoms with E-state index in [2.05, 4.69) is 18.7 Å². The number of benzene rings is 1. The number of nitrogens with zero attached hydrogens (tertiary/aromatic N) is 2. The molecular weight excluding hydrogens is 316 g/mol. The summed E-state index contributed by atoms with van der Waals surface area (Å²) in [6, 6.07) is 4.81. The second-order valence-electron chi connectivity index (χ2n) is 5.04.